The summed E-state index contributed by atoms with van der Waals surface area (Å²) in [5.41, 5.74) is 5.80. The Bertz CT molecular complexity index is 1600. The molecule has 0 unspecified atom stereocenters. The first-order valence-electron chi connectivity index (χ1n) is 15.1. The summed E-state index contributed by atoms with van der Waals surface area (Å²) in [5, 5.41) is 0. The number of benzene rings is 3. The number of hydrogen-bond donors (Lipinski definition) is 4. The summed E-state index contributed by atoms with van der Waals surface area (Å²) in [6.45, 7) is 2.47. The van der Waals surface area contributed by atoms with Crippen LogP contribution in [-0.4, -0.2) is 35.8 Å². The van der Waals surface area contributed by atoms with E-state index in [0.29, 0.717) is 12.1 Å². The van der Waals surface area contributed by atoms with E-state index in [1.54, 1.807) is 12.1 Å². The summed E-state index contributed by atoms with van der Waals surface area (Å²) in [6, 6.07) is 17.0. The number of unbranched alkanes of at least 4 members (excludes halogenated alkanes) is 9. The predicted molar refractivity (Wildman–Crippen MR) is 176 cm³/mol. The Kier molecular flexibility index (Phi) is 14.2. The highest BCUT2D eigenvalue weighted by Gasteiger charge is 2.20. The second kappa shape index (κ2) is 18.0. The number of carbonyl (C=O) groups is 2. The van der Waals surface area contributed by atoms with E-state index in [1.807, 2.05) is 0 Å². The van der Waals surface area contributed by atoms with Gasteiger partial charge in [0.25, 0.3) is 20.0 Å². The first-order valence-corrected chi connectivity index (χ1v) is 18.1. The van der Waals surface area contributed by atoms with Crippen LogP contribution in [0.2, 0.25) is 0 Å². The summed E-state index contributed by atoms with van der Waals surface area (Å²) >= 11 is 0. The third-order valence-electron chi connectivity index (χ3n) is 6.92. The molecule has 0 aromatic heterocycles. The topological polar surface area (TPSA) is 160 Å². The zero-order valence-corrected chi connectivity index (χ0v) is 27.1. The van der Waals surface area contributed by atoms with E-state index in [9.17, 15) is 26.4 Å². The van der Waals surface area contributed by atoms with Crippen molar-refractivity contribution < 1.29 is 31.2 Å². The number of esters is 1. The van der Waals surface area contributed by atoms with Crippen LogP contribution >= 0.6 is 0 Å². The minimum atomic E-state index is -4.16. The summed E-state index contributed by atoms with van der Waals surface area (Å²) in [5.74, 6) is -0.606. The molecule has 0 saturated carbocycles. The van der Waals surface area contributed by atoms with Crippen LogP contribution in [0.4, 0.5) is 17.1 Å². The third-order valence-corrected chi connectivity index (χ3v) is 9.68. The van der Waals surface area contributed by atoms with Gasteiger partial charge in [0.05, 0.1) is 33.3 Å². The van der Waals surface area contributed by atoms with Crippen LogP contribution in [0.15, 0.2) is 82.6 Å². The summed E-state index contributed by atoms with van der Waals surface area (Å²) in [6.07, 6.45) is 12.1. The predicted octanol–water partition coefficient (Wildman–Crippen LogP) is 6.44. The van der Waals surface area contributed by atoms with Gasteiger partial charge in [-0.1, -0.05) is 76.8 Å². The molecule has 4 N–H and O–H groups in total. The Morgan fingerprint density at radius 1 is 0.667 bits per heavy atom. The first-order chi connectivity index (χ1) is 21.6. The standard InChI is InChI=1S/C32H42N4O7S2/c1-2-3-4-5-6-7-8-9-10-11-22-43-32(38)26-14-12-16-30(23-26)44(39,40)36-29-15-13-17-31(24-29)45(41,42)35-28-20-18-27(19-21-28)34-33-25-37/h12-21,23-25,34-36H,2-11,22H2,1H3,(H,33,37). The number of anilines is 3. The third kappa shape index (κ3) is 12.1. The molecule has 45 heavy (non-hydrogen) atoms. The van der Waals surface area contributed by atoms with Crippen LogP contribution in [0.25, 0.3) is 0 Å². The van der Waals surface area contributed by atoms with E-state index in [0.717, 1.165) is 19.3 Å². The van der Waals surface area contributed by atoms with Gasteiger partial charge in [0.2, 0.25) is 6.41 Å². The molecule has 0 bridgehead atoms. The molecular formula is C32H42N4O7S2. The Morgan fingerprint density at radius 2 is 1.20 bits per heavy atom. The van der Waals surface area contributed by atoms with Crippen LogP contribution < -0.4 is 20.3 Å². The maximum absolute atomic E-state index is 13.1. The summed E-state index contributed by atoms with van der Waals surface area (Å²) in [7, 11) is -8.22. The maximum Gasteiger partial charge on any atom is 0.338 e. The van der Waals surface area contributed by atoms with Gasteiger partial charge >= 0.3 is 5.97 Å². The van der Waals surface area contributed by atoms with Gasteiger partial charge in [-0.2, -0.15) is 0 Å². The number of amides is 1. The number of rotatable bonds is 21. The molecule has 0 radical (unpaired) electrons. The number of ether oxygens (including phenoxy) is 1. The van der Waals surface area contributed by atoms with Crippen LogP contribution in [0, 0.1) is 0 Å². The lowest BCUT2D eigenvalue weighted by Gasteiger charge is -2.12. The lowest BCUT2D eigenvalue weighted by atomic mass is 10.1. The van der Waals surface area contributed by atoms with Gasteiger partial charge in [-0.15, -0.1) is 0 Å². The molecule has 0 aliphatic heterocycles. The normalized spacial score (nSPS) is 11.4. The van der Waals surface area contributed by atoms with Crippen molar-refractivity contribution in [1.29, 1.82) is 0 Å². The van der Waals surface area contributed by atoms with Crippen molar-refractivity contribution in [2.24, 2.45) is 0 Å². The molecule has 0 heterocycles. The average molecular weight is 659 g/mol. The van der Waals surface area contributed by atoms with E-state index in [-0.39, 0.29) is 33.3 Å². The number of hydrazine groups is 1. The molecule has 11 nitrogen and oxygen atoms in total. The number of hydrogen-bond acceptors (Lipinski definition) is 8. The highest BCUT2D eigenvalue weighted by atomic mass is 32.2. The summed E-state index contributed by atoms with van der Waals surface area (Å²) in [4.78, 5) is 22.6. The largest absolute Gasteiger partial charge is 0.462 e. The fourth-order valence-electron chi connectivity index (χ4n) is 4.52. The molecule has 3 aromatic carbocycles. The first kappa shape index (κ1) is 35.4. The van der Waals surface area contributed by atoms with Gasteiger partial charge < -0.3 is 4.74 Å². The molecule has 13 heteroatoms. The second-order valence-electron chi connectivity index (χ2n) is 10.5. The van der Waals surface area contributed by atoms with Crippen LogP contribution in [-0.2, 0) is 29.6 Å². The molecule has 0 fully saturated rings. The fourth-order valence-corrected chi connectivity index (χ4v) is 6.72. The molecule has 0 aliphatic rings. The Hall–Kier alpha value is -4.10. The molecule has 1 amide bonds. The summed E-state index contributed by atoms with van der Waals surface area (Å²) < 4.78 is 62.4. The minimum Gasteiger partial charge on any atom is -0.462 e. The lowest BCUT2D eigenvalue weighted by molar-refractivity contribution is -0.109. The molecular weight excluding hydrogens is 617 g/mol. The van der Waals surface area contributed by atoms with Crippen LogP contribution in [0.5, 0.6) is 0 Å². The average Bonchev–Trinajstić information content (AvgIpc) is 3.03. The van der Waals surface area contributed by atoms with Crippen molar-refractivity contribution in [3.63, 3.8) is 0 Å². The Balaban J connectivity index is 1.53. The van der Waals surface area contributed by atoms with Crippen molar-refractivity contribution in [3.8, 4) is 0 Å². The molecule has 0 saturated heterocycles. The molecule has 3 aromatic rings. The van der Waals surface area contributed by atoms with E-state index >= 15 is 0 Å². The molecule has 0 atom stereocenters. The lowest BCUT2D eigenvalue weighted by Crippen LogP contribution is -2.19. The zero-order valence-electron chi connectivity index (χ0n) is 25.5. The molecule has 244 valence electrons. The van der Waals surface area contributed by atoms with Crippen molar-refractivity contribution in [2.75, 3.05) is 21.5 Å². The maximum atomic E-state index is 13.1. The van der Waals surface area contributed by atoms with Gasteiger partial charge in [0.15, 0.2) is 0 Å². The highest BCUT2D eigenvalue weighted by molar-refractivity contribution is 7.93. The highest BCUT2D eigenvalue weighted by Crippen LogP contribution is 2.23. The smallest absolute Gasteiger partial charge is 0.338 e. The number of carbonyl (C=O) groups excluding carboxylic acids is 2. The SMILES string of the molecule is CCCCCCCCCCCCOC(=O)c1cccc(S(=O)(=O)Nc2cccc(S(=O)(=O)Nc3ccc(NNC=O)cc3)c2)c1. The van der Waals surface area contributed by atoms with Gasteiger partial charge in [-0.3, -0.25) is 25.1 Å². The van der Waals surface area contributed by atoms with Gasteiger partial charge in [0, 0.05) is 5.69 Å². The molecule has 0 aliphatic carbocycles. The van der Waals surface area contributed by atoms with E-state index < -0.39 is 26.0 Å². The monoisotopic (exact) mass is 658 g/mol. The van der Waals surface area contributed by atoms with Crippen molar-refractivity contribution >= 4 is 49.5 Å². The van der Waals surface area contributed by atoms with Crippen LogP contribution in [0.3, 0.4) is 0 Å². The second-order valence-corrected chi connectivity index (χ2v) is 13.9. The zero-order chi connectivity index (χ0) is 32.5. The fraction of sp³-hybridized carbons (Fsp3) is 0.375. The van der Waals surface area contributed by atoms with Crippen molar-refractivity contribution in [2.45, 2.75) is 80.9 Å². The Labute approximate surface area is 266 Å². The Morgan fingerprint density at radius 3 is 1.82 bits per heavy atom. The van der Waals surface area contributed by atoms with Gasteiger partial charge in [-0.25, -0.2) is 21.6 Å². The van der Waals surface area contributed by atoms with Crippen molar-refractivity contribution in [3.05, 3.63) is 78.4 Å². The number of nitrogens with one attached hydrogen (secondary N) is 4. The van der Waals surface area contributed by atoms with E-state index in [1.165, 1.54) is 106 Å². The van der Waals surface area contributed by atoms with Gasteiger partial charge in [-0.05, 0) is 67.1 Å². The molecule has 0 spiro atoms. The molecule has 3 rings (SSSR count). The number of sulfonamides is 2. The van der Waals surface area contributed by atoms with Crippen molar-refractivity contribution in [1.82, 2.24) is 5.43 Å². The quantitative estimate of drug-likeness (QED) is 0.0440. The minimum absolute atomic E-state index is 0.0197. The van der Waals surface area contributed by atoms with Crippen LogP contribution in [0.1, 0.15) is 81.5 Å². The van der Waals surface area contributed by atoms with E-state index in [2.05, 4.69) is 27.2 Å². The van der Waals surface area contributed by atoms with E-state index in [4.69, 9.17) is 4.74 Å². The van der Waals surface area contributed by atoms with Gasteiger partial charge in [0.1, 0.15) is 0 Å².